The summed E-state index contributed by atoms with van der Waals surface area (Å²) in [4.78, 5) is 23.2. The van der Waals surface area contributed by atoms with Gasteiger partial charge in [-0.1, -0.05) is 6.92 Å². The Bertz CT molecular complexity index is 524. The molecule has 1 fully saturated rings. The van der Waals surface area contributed by atoms with Crippen molar-refractivity contribution < 1.29 is 9.59 Å². The third-order valence-corrected chi connectivity index (χ3v) is 3.84. The maximum Gasteiger partial charge on any atom is 0.239 e. The topological polar surface area (TPSA) is 76.0 Å². The maximum atomic E-state index is 11.6. The fourth-order valence-electron chi connectivity index (χ4n) is 2.41. The van der Waals surface area contributed by atoms with Crippen molar-refractivity contribution in [2.75, 3.05) is 13.1 Å². The van der Waals surface area contributed by atoms with Crippen molar-refractivity contribution in [1.29, 1.82) is 0 Å². The van der Waals surface area contributed by atoms with E-state index in [9.17, 15) is 9.59 Å². The van der Waals surface area contributed by atoms with E-state index < -0.39 is 0 Å². The molecule has 2 amide bonds. The third-order valence-electron chi connectivity index (χ3n) is 3.84. The van der Waals surface area contributed by atoms with Crippen molar-refractivity contribution in [2.24, 2.45) is 11.8 Å². The van der Waals surface area contributed by atoms with Gasteiger partial charge < -0.3 is 10.6 Å². The number of carbonyl (C=O) groups excluding carboxylic acids is 2. The summed E-state index contributed by atoms with van der Waals surface area (Å²) in [6.45, 7) is 7.48. The van der Waals surface area contributed by atoms with E-state index in [2.05, 4.69) is 15.7 Å². The lowest BCUT2D eigenvalue weighted by Gasteiger charge is -2.07. The van der Waals surface area contributed by atoms with Crippen molar-refractivity contribution in [1.82, 2.24) is 20.4 Å². The SMILES string of the molecule is Cc1cc(C)n(CCCNC(=O)CNC(=O)[C@@H]2C[C@H]2C)n1. The molecule has 6 heteroatoms. The van der Waals surface area contributed by atoms with E-state index in [1.807, 2.05) is 31.5 Å². The van der Waals surface area contributed by atoms with Crippen LogP contribution in [0, 0.1) is 25.7 Å². The third kappa shape index (κ3) is 4.58. The minimum Gasteiger partial charge on any atom is -0.355 e. The van der Waals surface area contributed by atoms with E-state index in [0.717, 1.165) is 30.8 Å². The van der Waals surface area contributed by atoms with Crippen molar-refractivity contribution in [3.8, 4) is 0 Å². The highest BCUT2D eigenvalue weighted by atomic mass is 16.2. The van der Waals surface area contributed by atoms with Crippen LogP contribution in [0.4, 0.5) is 0 Å². The molecule has 2 atom stereocenters. The van der Waals surface area contributed by atoms with Crippen molar-refractivity contribution >= 4 is 11.8 Å². The first-order chi connectivity index (χ1) is 9.97. The largest absolute Gasteiger partial charge is 0.355 e. The molecule has 116 valence electrons. The number of hydrogen-bond donors (Lipinski definition) is 2. The molecule has 0 spiro atoms. The van der Waals surface area contributed by atoms with E-state index >= 15 is 0 Å². The highest BCUT2D eigenvalue weighted by Gasteiger charge is 2.38. The number of aromatic nitrogens is 2. The van der Waals surface area contributed by atoms with Gasteiger partial charge in [-0.15, -0.1) is 0 Å². The van der Waals surface area contributed by atoms with Crippen LogP contribution in [0.1, 0.15) is 31.2 Å². The first kappa shape index (κ1) is 15.5. The van der Waals surface area contributed by atoms with E-state index in [4.69, 9.17) is 0 Å². The van der Waals surface area contributed by atoms with Crippen LogP contribution in [0.15, 0.2) is 6.07 Å². The molecule has 2 N–H and O–H groups in total. The second-order valence-corrected chi connectivity index (χ2v) is 5.89. The Kier molecular flexibility index (Phi) is 4.98. The first-order valence-electron chi connectivity index (χ1n) is 7.53. The average molecular weight is 292 g/mol. The zero-order valence-corrected chi connectivity index (χ0v) is 13.0. The zero-order valence-electron chi connectivity index (χ0n) is 13.0. The van der Waals surface area contributed by atoms with E-state index in [-0.39, 0.29) is 24.3 Å². The summed E-state index contributed by atoms with van der Waals surface area (Å²) in [7, 11) is 0. The molecular formula is C15H24N4O2. The highest BCUT2D eigenvalue weighted by molar-refractivity contribution is 5.87. The summed E-state index contributed by atoms with van der Waals surface area (Å²) >= 11 is 0. The van der Waals surface area contributed by atoms with Crippen molar-refractivity contribution in [3.63, 3.8) is 0 Å². The lowest BCUT2D eigenvalue weighted by atomic mass is 10.3. The number of aryl methyl sites for hydroxylation is 3. The number of hydrogen-bond acceptors (Lipinski definition) is 3. The fourth-order valence-corrected chi connectivity index (χ4v) is 2.41. The van der Waals surface area contributed by atoms with Gasteiger partial charge in [0.05, 0.1) is 12.2 Å². The Labute approximate surface area is 125 Å². The molecular weight excluding hydrogens is 268 g/mol. The van der Waals surface area contributed by atoms with Gasteiger partial charge >= 0.3 is 0 Å². The molecule has 1 saturated carbocycles. The van der Waals surface area contributed by atoms with Crippen LogP contribution in [0.2, 0.25) is 0 Å². The molecule has 6 nitrogen and oxygen atoms in total. The molecule has 1 aromatic rings. The molecule has 0 saturated heterocycles. The van der Waals surface area contributed by atoms with Gasteiger partial charge in [0.1, 0.15) is 0 Å². The molecule has 1 heterocycles. The summed E-state index contributed by atoms with van der Waals surface area (Å²) in [6, 6.07) is 2.03. The van der Waals surface area contributed by atoms with Crippen LogP contribution in [0.5, 0.6) is 0 Å². The van der Waals surface area contributed by atoms with Gasteiger partial charge in [0.15, 0.2) is 0 Å². The van der Waals surface area contributed by atoms with E-state index in [1.54, 1.807) is 0 Å². The Morgan fingerprint density at radius 3 is 2.67 bits per heavy atom. The normalized spacial score (nSPS) is 20.1. The molecule has 0 unspecified atom stereocenters. The second-order valence-electron chi connectivity index (χ2n) is 5.89. The van der Waals surface area contributed by atoms with Gasteiger partial charge in [-0.2, -0.15) is 5.10 Å². The van der Waals surface area contributed by atoms with Gasteiger partial charge in [-0.3, -0.25) is 14.3 Å². The van der Waals surface area contributed by atoms with Gasteiger partial charge in [0.25, 0.3) is 0 Å². The predicted molar refractivity (Wildman–Crippen MR) is 79.6 cm³/mol. The lowest BCUT2D eigenvalue weighted by Crippen LogP contribution is -2.38. The van der Waals surface area contributed by atoms with Gasteiger partial charge in [-0.25, -0.2) is 0 Å². The van der Waals surface area contributed by atoms with Gasteiger partial charge in [-0.05, 0) is 38.7 Å². The number of carbonyl (C=O) groups is 2. The minimum atomic E-state index is -0.134. The lowest BCUT2D eigenvalue weighted by molar-refractivity contribution is -0.127. The Morgan fingerprint density at radius 1 is 1.38 bits per heavy atom. The quantitative estimate of drug-likeness (QED) is 0.729. The van der Waals surface area contributed by atoms with Crippen LogP contribution in [-0.2, 0) is 16.1 Å². The van der Waals surface area contributed by atoms with E-state index in [0.29, 0.717) is 12.5 Å². The van der Waals surface area contributed by atoms with Crippen molar-refractivity contribution in [3.05, 3.63) is 17.5 Å². The number of nitrogens with one attached hydrogen (secondary N) is 2. The number of rotatable bonds is 7. The molecule has 1 aliphatic rings. The molecule has 1 aliphatic carbocycles. The second kappa shape index (κ2) is 6.74. The van der Waals surface area contributed by atoms with Crippen LogP contribution < -0.4 is 10.6 Å². The smallest absolute Gasteiger partial charge is 0.239 e. The highest BCUT2D eigenvalue weighted by Crippen LogP contribution is 2.37. The fraction of sp³-hybridized carbons (Fsp3) is 0.667. The van der Waals surface area contributed by atoms with Gasteiger partial charge in [0, 0.05) is 24.7 Å². The summed E-state index contributed by atoms with van der Waals surface area (Å²) < 4.78 is 1.94. The predicted octanol–water partition coefficient (Wildman–Crippen LogP) is 0.778. The van der Waals surface area contributed by atoms with Crippen LogP contribution in [0.25, 0.3) is 0 Å². The summed E-state index contributed by atoms with van der Waals surface area (Å²) in [5.74, 6) is 0.447. The maximum absolute atomic E-state index is 11.6. The summed E-state index contributed by atoms with van der Waals surface area (Å²) in [5.41, 5.74) is 2.14. The van der Waals surface area contributed by atoms with Crippen LogP contribution in [0.3, 0.4) is 0 Å². The summed E-state index contributed by atoms with van der Waals surface area (Å²) in [5, 5.41) is 9.85. The molecule has 0 bridgehead atoms. The van der Waals surface area contributed by atoms with Crippen molar-refractivity contribution in [2.45, 2.75) is 40.2 Å². The molecule has 21 heavy (non-hydrogen) atoms. The standard InChI is InChI=1S/C15H24N4O2/c1-10-7-13(10)15(21)17-9-14(20)16-5-4-6-19-12(3)8-11(2)18-19/h8,10,13H,4-7,9H2,1-3H3,(H,16,20)(H,17,21)/t10-,13-/m1/s1. The van der Waals surface area contributed by atoms with Crippen LogP contribution >= 0.6 is 0 Å². The molecule has 2 rings (SSSR count). The van der Waals surface area contributed by atoms with Crippen LogP contribution in [-0.4, -0.2) is 34.7 Å². The zero-order chi connectivity index (χ0) is 15.4. The number of nitrogens with zero attached hydrogens (tertiary/aromatic N) is 2. The molecule has 0 aromatic carbocycles. The molecule has 1 aromatic heterocycles. The Balaban J connectivity index is 1.57. The van der Waals surface area contributed by atoms with Gasteiger partial charge in [0.2, 0.25) is 11.8 Å². The summed E-state index contributed by atoms with van der Waals surface area (Å²) in [6.07, 6.45) is 1.76. The molecule has 0 radical (unpaired) electrons. The molecule has 0 aliphatic heterocycles. The number of amides is 2. The minimum absolute atomic E-state index is 0.000270. The Hall–Kier alpha value is -1.85. The monoisotopic (exact) mass is 292 g/mol. The van der Waals surface area contributed by atoms with E-state index in [1.165, 1.54) is 0 Å². The average Bonchev–Trinajstić information content (AvgIpc) is 3.07. The Morgan fingerprint density at radius 2 is 2.10 bits per heavy atom. The first-order valence-corrected chi connectivity index (χ1v) is 7.53.